The third kappa shape index (κ3) is 9.45. The van der Waals surface area contributed by atoms with Gasteiger partial charge in [0, 0.05) is 34.9 Å². The van der Waals surface area contributed by atoms with Gasteiger partial charge in [-0.15, -0.1) is 0 Å². The third-order valence-electron chi connectivity index (χ3n) is 7.26. The second kappa shape index (κ2) is 17.7. The van der Waals surface area contributed by atoms with E-state index in [1.165, 1.54) is 40.6 Å². The van der Waals surface area contributed by atoms with Crippen molar-refractivity contribution in [3.8, 4) is 23.0 Å². The van der Waals surface area contributed by atoms with Crippen LogP contribution in [0.5, 0.6) is 23.0 Å². The number of nitro groups is 2. The summed E-state index contributed by atoms with van der Waals surface area (Å²) in [5, 5.41) is 23.9. The maximum absolute atomic E-state index is 13.2. The molecule has 0 N–H and O–H groups in total. The topological polar surface area (TPSA) is 240 Å². The van der Waals surface area contributed by atoms with Crippen LogP contribution in [0.15, 0.2) is 24.3 Å². The third-order valence-corrected chi connectivity index (χ3v) is 10.0. The van der Waals surface area contributed by atoms with Crippen molar-refractivity contribution in [3.63, 3.8) is 0 Å². The molecule has 0 amide bonds. The summed E-state index contributed by atoms with van der Waals surface area (Å²) in [4.78, 5) is 22.5. The maximum Gasteiger partial charge on any atom is 0.474 e. The molecule has 0 spiro atoms. The molecule has 1 saturated heterocycles. The van der Waals surface area contributed by atoms with Crippen molar-refractivity contribution >= 4 is 27.0 Å². The number of nitro benzene ring substituents is 2. The number of nitrogens with zero attached hydrogens (tertiary/aromatic N) is 2. The van der Waals surface area contributed by atoms with Gasteiger partial charge in [-0.2, -0.15) is 0 Å². The molecule has 0 bridgehead atoms. The van der Waals surface area contributed by atoms with Crippen LogP contribution < -0.4 is 18.9 Å². The Balaban J connectivity index is 2.09. The van der Waals surface area contributed by atoms with Crippen LogP contribution in [0.25, 0.3) is 0 Å². The molecule has 0 aromatic heterocycles. The zero-order valence-corrected chi connectivity index (χ0v) is 30.1. The minimum Gasteiger partial charge on any atom is -0.493 e. The molecule has 1 aliphatic rings. The van der Waals surface area contributed by atoms with Gasteiger partial charge in [0.1, 0.15) is 12.7 Å². The van der Waals surface area contributed by atoms with Crippen LogP contribution in [0.1, 0.15) is 17.5 Å². The molecule has 280 valence electrons. The number of methoxy groups -OCH3 is 4. The quantitative estimate of drug-likeness (QED) is 0.0932. The maximum atomic E-state index is 13.2. The molecule has 2 aromatic carbocycles. The molecule has 3 atom stereocenters. The Kier molecular flexibility index (Phi) is 14.5. The summed E-state index contributed by atoms with van der Waals surface area (Å²) in [6, 6.07) is 4.88. The van der Waals surface area contributed by atoms with Gasteiger partial charge in [0.2, 0.25) is 5.79 Å². The van der Waals surface area contributed by atoms with Crippen molar-refractivity contribution in [2.45, 2.75) is 37.8 Å². The van der Waals surface area contributed by atoms with E-state index in [4.69, 9.17) is 60.3 Å². The van der Waals surface area contributed by atoms with Crippen LogP contribution in [0.3, 0.4) is 0 Å². The highest BCUT2D eigenvalue weighted by molar-refractivity contribution is 7.48. The van der Waals surface area contributed by atoms with Crippen molar-refractivity contribution < 1.29 is 79.3 Å². The molecule has 50 heavy (non-hydrogen) atoms. The average Bonchev–Trinajstić information content (AvgIpc) is 3.46. The number of rotatable bonds is 21. The Bertz CT molecular complexity index is 1590. The summed E-state index contributed by atoms with van der Waals surface area (Å²) in [6.45, 7) is -1.92. The Morgan fingerprint density at radius 2 is 1.16 bits per heavy atom. The lowest BCUT2D eigenvalue weighted by molar-refractivity contribution is -0.386. The zero-order valence-electron chi connectivity index (χ0n) is 28.3. The lowest BCUT2D eigenvalue weighted by Crippen LogP contribution is -2.47. The van der Waals surface area contributed by atoms with E-state index >= 15 is 0 Å². The van der Waals surface area contributed by atoms with Gasteiger partial charge in [-0.3, -0.25) is 47.4 Å². The Labute approximate surface area is 286 Å². The Hall–Kier alpha value is -3.46. The van der Waals surface area contributed by atoms with E-state index in [0.29, 0.717) is 0 Å². The fourth-order valence-corrected chi connectivity index (χ4v) is 6.24. The first-order chi connectivity index (χ1) is 23.7. The normalized spacial score (nSPS) is 19.3. The van der Waals surface area contributed by atoms with E-state index < -0.39 is 69.2 Å². The second-order valence-corrected chi connectivity index (χ2v) is 13.6. The Morgan fingerprint density at radius 3 is 1.58 bits per heavy atom. The van der Waals surface area contributed by atoms with Crippen LogP contribution in [-0.2, 0) is 63.7 Å². The van der Waals surface area contributed by atoms with Crippen molar-refractivity contribution in [2.75, 3.05) is 63.5 Å². The van der Waals surface area contributed by atoms with Gasteiger partial charge in [-0.25, -0.2) is 9.13 Å². The standard InChI is InChI=1S/C27H38N2O19P2/c1-36-21-9-17(19(28(30)31)11-23(21)38-3)14-44-26-13-25(48-50(35,42-7)43-8)27(47-26,16-46-49(34,40-5)41-6)45-15-18-10-22(37-2)24(39-4)12-20(18)29(32)33/h9-12,25-26H,13-16H2,1-8H3/t25-,26+,27-/m0/s1. The average molecular weight is 757 g/mol. The molecular formula is C27H38N2O19P2. The van der Waals surface area contributed by atoms with Gasteiger partial charge in [0.15, 0.2) is 29.3 Å². The number of ether oxygens (including phenoxy) is 7. The molecule has 23 heteroatoms. The number of phosphoric ester groups is 2. The number of hydrogen-bond acceptors (Lipinski definition) is 19. The summed E-state index contributed by atoms with van der Waals surface area (Å²) in [7, 11) is 0.827. The summed E-state index contributed by atoms with van der Waals surface area (Å²) in [5.74, 6) is -1.83. The molecule has 2 aromatic rings. The molecule has 1 fully saturated rings. The van der Waals surface area contributed by atoms with Crippen LogP contribution in [-0.4, -0.2) is 91.5 Å². The molecule has 0 radical (unpaired) electrons. The Morgan fingerprint density at radius 1 is 0.720 bits per heavy atom. The van der Waals surface area contributed by atoms with E-state index in [-0.39, 0.29) is 46.2 Å². The van der Waals surface area contributed by atoms with Crippen molar-refractivity contribution in [1.29, 1.82) is 0 Å². The molecule has 0 unspecified atom stereocenters. The zero-order chi connectivity index (χ0) is 37.3. The molecule has 21 nitrogen and oxygen atoms in total. The van der Waals surface area contributed by atoms with E-state index in [0.717, 1.165) is 40.6 Å². The number of phosphoric acid groups is 2. The second-order valence-electron chi connectivity index (χ2n) is 9.87. The summed E-state index contributed by atoms with van der Waals surface area (Å²) >= 11 is 0. The van der Waals surface area contributed by atoms with Gasteiger partial charge in [-0.05, 0) is 12.1 Å². The van der Waals surface area contributed by atoms with Crippen LogP contribution in [0.4, 0.5) is 11.4 Å². The molecule has 1 aliphatic heterocycles. The lowest BCUT2D eigenvalue weighted by atomic mass is 10.1. The van der Waals surface area contributed by atoms with Gasteiger partial charge >= 0.3 is 15.6 Å². The first-order valence-corrected chi connectivity index (χ1v) is 17.1. The van der Waals surface area contributed by atoms with E-state index in [1.807, 2.05) is 0 Å². The smallest absolute Gasteiger partial charge is 0.474 e. The molecule has 0 saturated carbocycles. The molecule has 0 aliphatic carbocycles. The van der Waals surface area contributed by atoms with Crippen LogP contribution in [0, 0.1) is 20.2 Å². The highest BCUT2D eigenvalue weighted by Gasteiger charge is 2.56. The number of hydrogen-bond donors (Lipinski definition) is 0. The van der Waals surface area contributed by atoms with E-state index in [9.17, 15) is 29.4 Å². The highest BCUT2D eigenvalue weighted by Crippen LogP contribution is 2.55. The molecule has 1 heterocycles. The van der Waals surface area contributed by atoms with Crippen molar-refractivity contribution in [3.05, 3.63) is 55.6 Å². The fourth-order valence-electron chi connectivity index (χ4n) is 4.66. The number of benzene rings is 2. The minimum absolute atomic E-state index is 0.0482. The van der Waals surface area contributed by atoms with E-state index in [2.05, 4.69) is 0 Å². The summed E-state index contributed by atoms with van der Waals surface area (Å²) in [5.41, 5.74) is -0.818. The first-order valence-electron chi connectivity index (χ1n) is 14.2. The summed E-state index contributed by atoms with van der Waals surface area (Å²) < 4.78 is 96.0. The lowest BCUT2D eigenvalue weighted by Gasteiger charge is -2.34. The monoisotopic (exact) mass is 756 g/mol. The minimum atomic E-state index is -4.34. The van der Waals surface area contributed by atoms with Crippen molar-refractivity contribution in [2.24, 2.45) is 0 Å². The predicted octanol–water partition coefficient (Wildman–Crippen LogP) is 4.92. The SMILES string of the molecule is COc1cc(CO[C@H]2C[C@H](OP(=O)(OC)OC)[C@@](COP(=O)(OC)OC)(OCc3cc(OC)c(OC)cc3[N+](=O)[O-])O2)c([N+](=O)[O-])cc1OC. The largest absolute Gasteiger partial charge is 0.493 e. The van der Waals surface area contributed by atoms with Crippen molar-refractivity contribution in [1.82, 2.24) is 0 Å². The van der Waals surface area contributed by atoms with Gasteiger partial charge in [-0.1, -0.05) is 0 Å². The summed E-state index contributed by atoms with van der Waals surface area (Å²) in [6.07, 6.45) is -3.22. The highest BCUT2D eigenvalue weighted by atomic mass is 31.2. The fraction of sp³-hybridized carbons (Fsp3) is 0.556. The first kappa shape index (κ1) is 41.0. The van der Waals surface area contributed by atoms with Gasteiger partial charge in [0.05, 0.1) is 74.8 Å². The van der Waals surface area contributed by atoms with Crippen LogP contribution >= 0.6 is 15.6 Å². The van der Waals surface area contributed by atoms with Gasteiger partial charge in [0.25, 0.3) is 11.4 Å². The molecule has 3 rings (SSSR count). The molecular weight excluding hydrogens is 718 g/mol. The van der Waals surface area contributed by atoms with Crippen LogP contribution in [0.2, 0.25) is 0 Å². The van der Waals surface area contributed by atoms with Gasteiger partial charge < -0.3 is 33.2 Å². The predicted molar refractivity (Wildman–Crippen MR) is 168 cm³/mol. The van der Waals surface area contributed by atoms with E-state index in [1.54, 1.807) is 0 Å².